The average molecular weight is 394 g/mol. The monoisotopic (exact) mass is 394 g/mol. The number of rotatable bonds is 4. The summed E-state index contributed by atoms with van der Waals surface area (Å²) in [5, 5.41) is 1.72. The first-order chi connectivity index (χ1) is 12.4. The van der Waals surface area contributed by atoms with Crippen LogP contribution in [0.4, 0.5) is 0 Å². The third-order valence-electron chi connectivity index (χ3n) is 3.96. The average Bonchev–Trinajstić information content (AvgIpc) is 3.16. The van der Waals surface area contributed by atoms with Crippen molar-refractivity contribution in [2.45, 2.75) is 11.1 Å². The normalized spacial score (nSPS) is 15.7. The Morgan fingerprint density at radius 3 is 2.42 bits per heavy atom. The van der Waals surface area contributed by atoms with Crippen molar-refractivity contribution in [2.75, 3.05) is 26.2 Å². The van der Waals surface area contributed by atoms with E-state index < -0.39 is 16.0 Å². The smallest absolute Gasteiger partial charge is 0.308 e. The summed E-state index contributed by atoms with van der Waals surface area (Å²) in [5.74, 6) is -0.364. The van der Waals surface area contributed by atoms with Gasteiger partial charge < -0.3 is 9.64 Å². The predicted molar refractivity (Wildman–Crippen MR) is 96.7 cm³/mol. The molecule has 0 aliphatic carbocycles. The van der Waals surface area contributed by atoms with Crippen molar-refractivity contribution in [1.82, 2.24) is 9.21 Å². The molecule has 0 atom stereocenters. The number of thiophene rings is 1. The van der Waals surface area contributed by atoms with E-state index in [0.717, 1.165) is 0 Å². The van der Waals surface area contributed by atoms with Crippen molar-refractivity contribution in [1.29, 1.82) is 0 Å². The number of ether oxygens (including phenoxy) is 1. The van der Waals surface area contributed by atoms with E-state index in [-0.39, 0.29) is 19.0 Å². The zero-order valence-electron chi connectivity index (χ0n) is 14.1. The summed E-state index contributed by atoms with van der Waals surface area (Å²) in [5.41, 5.74) is 0.401. The van der Waals surface area contributed by atoms with Gasteiger partial charge in [0.1, 0.15) is 9.96 Å². The molecule has 9 heteroatoms. The van der Waals surface area contributed by atoms with Crippen LogP contribution in [0.25, 0.3) is 0 Å². The highest BCUT2D eigenvalue weighted by Crippen LogP contribution is 2.23. The Morgan fingerprint density at radius 1 is 1.08 bits per heavy atom. The van der Waals surface area contributed by atoms with Crippen LogP contribution in [0.3, 0.4) is 0 Å². The molecule has 1 aliphatic heterocycles. The fraction of sp³-hybridized carbons (Fsp3) is 0.294. The van der Waals surface area contributed by atoms with Crippen LogP contribution in [-0.4, -0.2) is 55.7 Å². The van der Waals surface area contributed by atoms with Crippen LogP contribution in [0.2, 0.25) is 0 Å². The minimum Gasteiger partial charge on any atom is -0.427 e. The number of piperazine rings is 1. The molecule has 26 heavy (non-hydrogen) atoms. The number of nitrogens with zero attached hydrogens (tertiary/aromatic N) is 2. The van der Waals surface area contributed by atoms with Crippen molar-refractivity contribution >= 4 is 33.2 Å². The van der Waals surface area contributed by atoms with Gasteiger partial charge in [0.2, 0.25) is 0 Å². The van der Waals surface area contributed by atoms with Crippen LogP contribution in [0.15, 0.2) is 46.0 Å². The molecule has 1 saturated heterocycles. The minimum atomic E-state index is -3.50. The van der Waals surface area contributed by atoms with Crippen molar-refractivity contribution in [3.63, 3.8) is 0 Å². The summed E-state index contributed by atoms with van der Waals surface area (Å²) >= 11 is 1.18. The van der Waals surface area contributed by atoms with Gasteiger partial charge in [0, 0.05) is 38.7 Å². The van der Waals surface area contributed by atoms with Crippen LogP contribution in [-0.2, 0) is 14.8 Å². The number of carbonyl (C=O) groups excluding carboxylic acids is 2. The summed E-state index contributed by atoms with van der Waals surface area (Å²) < 4.78 is 31.8. The standard InChI is InChI=1S/C17H18N2O5S2/c1-13(20)24-15-5-2-4-14(12-15)17(21)18-7-9-19(10-8-18)26(22,23)16-6-3-11-25-16/h2-6,11-12H,7-10H2,1H3. The number of benzene rings is 1. The van der Waals surface area contributed by atoms with E-state index in [4.69, 9.17) is 4.74 Å². The maximum Gasteiger partial charge on any atom is 0.308 e. The molecule has 0 saturated carbocycles. The maximum atomic E-state index is 12.6. The lowest BCUT2D eigenvalue weighted by molar-refractivity contribution is -0.131. The van der Waals surface area contributed by atoms with Crippen molar-refractivity contribution in [2.24, 2.45) is 0 Å². The summed E-state index contributed by atoms with van der Waals surface area (Å²) in [6, 6.07) is 9.68. The molecule has 0 spiro atoms. The van der Waals surface area contributed by atoms with Crippen molar-refractivity contribution < 1.29 is 22.7 Å². The first-order valence-electron chi connectivity index (χ1n) is 7.99. The Morgan fingerprint density at radius 2 is 1.81 bits per heavy atom. The summed E-state index contributed by atoms with van der Waals surface area (Å²) in [7, 11) is -3.50. The van der Waals surface area contributed by atoms with Gasteiger partial charge in [0.05, 0.1) is 0 Å². The Hall–Kier alpha value is -2.23. The fourth-order valence-electron chi connectivity index (χ4n) is 2.71. The van der Waals surface area contributed by atoms with Gasteiger partial charge >= 0.3 is 5.97 Å². The highest BCUT2D eigenvalue weighted by Gasteiger charge is 2.31. The third-order valence-corrected chi connectivity index (χ3v) is 7.23. The van der Waals surface area contributed by atoms with Crippen LogP contribution < -0.4 is 4.74 Å². The molecule has 0 N–H and O–H groups in total. The molecule has 3 rings (SSSR count). The number of hydrogen-bond donors (Lipinski definition) is 0. The van der Waals surface area contributed by atoms with Gasteiger partial charge in [-0.25, -0.2) is 8.42 Å². The summed E-state index contributed by atoms with van der Waals surface area (Å²) in [6.07, 6.45) is 0. The van der Waals surface area contributed by atoms with Crippen LogP contribution >= 0.6 is 11.3 Å². The number of esters is 1. The lowest BCUT2D eigenvalue weighted by atomic mass is 10.1. The van der Waals surface area contributed by atoms with Gasteiger partial charge in [-0.3, -0.25) is 9.59 Å². The van der Waals surface area contributed by atoms with Gasteiger partial charge in [0.15, 0.2) is 0 Å². The fourth-order valence-corrected chi connectivity index (χ4v) is 5.28. The number of carbonyl (C=O) groups is 2. The maximum absolute atomic E-state index is 12.6. The molecule has 1 aliphatic rings. The highest BCUT2D eigenvalue weighted by molar-refractivity contribution is 7.91. The molecule has 1 amide bonds. The molecule has 7 nitrogen and oxygen atoms in total. The second-order valence-electron chi connectivity index (χ2n) is 5.75. The second kappa shape index (κ2) is 7.56. The largest absolute Gasteiger partial charge is 0.427 e. The van der Waals surface area contributed by atoms with Gasteiger partial charge in [0.25, 0.3) is 15.9 Å². The molecule has 1 aromatic heterocycles. The first-order valence-corrected chi connectivity index (χ1v) is 10.3. The van der Waals surface area contributed by atoms with Crippen molar-refractivity contribution in [3.8, 4) is 5.75 Å². The van der Waals surface area contributed by atoms with E-state index in [1.54, 1.807) is 40.6 Å². The predicted octanol–water partition coefficient (Wildman–Crippen LogP) is 1.82. The Labute approximate surface area is 155 Å². The van der Waals surface area contributed by atoms with E-state index in [1.165, 1.54) is 28.6 Å². The SMILES string of the molecule is CC(=O)Oc1cccc(C(=O)N2CCN(S(=O)(=O)c3cccs3)CC2)c1. The molecule has 2 heterocycles. The first kappa shape index (κ1) is 18.6. The zero-order chi connectivity index (χ0) is 18.7. The molecule has 138 valence electrons. The van der Waals surface area contributed by atoms with Crippen molar-refractivity contribution in [3.05, 3.63) is 47.3 Å². The number of amides is 1. The topological polar surface area (TPSA) is 84.0 Å². The third kappa shape index (κ3) is 3.95. The van der Waals surface area contributed by atoms with Crippen LogP contribution in [0, 0.1) is 0 Å². The lowest BCUT2D eigenvalue weighted by Crippen LogP contribution is -2.50. The van der Waals surface area contributed by atoms with E-state index in [9.17, 15) is 18.0 Å². The molecule has 0 unspecified atom stereocenters. The quantitative estimate of drug-likeness (QED) is 0.583. The van der Waals surface area contributed by atoms with E-state index in [2.05, 4.69) is 0 Å². The van der Waals surface area contributed by atoms with Gasteiger partial charge in [-0.1, -0.05) is 12.1 Å². The second-order valence-corrected chi connectivity index (χ2v) is 8.86. The Balaban J connectivity index is 1.66. The summed E-state index contributed by atoms with van der Waals surface area (Å²) in [4.78, 5) is 25.3. The molecule has 1 aromatic carbocycles. The van der Waals surface area contributed by atoms with Crippen LogP contribution in [0.1, 0.15) is 17.3 Å². The van der Waals surface area contributed by atoms with E-state index in [0.29, 0.717) is 28.6 Å². The minimum absolute atomic E-state index is 0.216. The Kier molecular flexibility index (Phi) is 5.40. The summed E-state index contributed by atoms with van der Waals surface area (Å²) in [6.45, 7) is 2.40. The molecule has 0 radical (unpaired) electrons. The van der Waals surface area contributed by atoms with E-state index >= 15 is 0 Å². The zero-order valence-corrected chi connectivity index (χ0v) is 15.8. The Bertz CT molecular complexity index is 901. The van der Waals surface area contributed by atoms with Crippen LogP contribution in [0.5, 0.6) is 5.75 Å². The number of hydrogen-bond acceptors (Lipinski definition) is 6. The van der Waals surface area contributed by atoms with Gasteiger partial charge in [-0.15, -0.1) is 11.3 Å². The van der Waals surface area contributed by atoms with Gasteiger partial charge in [-0.05, 0) is 29.6 Å². The van der Waals surface area contributed by atoms with Gasteiger partial charge in [-0.2, -0.15) is 4.31 Å². The molecule has 1 fully saturated rings. The lowest BCUT2D eigenvalue weighted by Gasteiger charge is -2.33. The molecular formula is C17H18N2O5S2. The molecule has 0 bridgehead atoms. The number of sulfonamides is 1. The van der Waals surface area contributed by atoms with E-state index in [1.807, 2.05) is 0 Å². The molecular weight excluding hydrogens is 376 g/mol. The highest BCUT2D eigenvalue weighted by atomic mass is 32.2. The molecule has 2 aromatic rings.